The SMILES string of the molecule is CC1=C(c2ccc(-c3cccc(O)c3)c(CCC(N)=O)c2)CC=C1.CC1=NCC=C1c1ccc(-c2cccc(O)c2)c(CCC(N)=O)c1.Cc1cccc(-c2ccc(-c3cccc(O)c3)c(CCC(N)=O)c2)c1.Cc1cscc1-c1ccc(-c2cccc(O)c2)c(CCC(N)=O)c1. The van der Waals surface area contributed by atoms with Gasteiger partial charge in [0.15, 0.2) is 0 Å². The monoisotopic (exact) mass is 1310 g/mol. The zero-order valence-electron chi connectivity index (χ0n) is 55.0. The van der Waals surface area contributed by atoms with Crippen molar-refractivity contribution in [2.75, 3.05) is 6.54 Å². The summed E-state index contributed by atoms with van der Waals surface area (Å²) in [5, 5.41) is 43.3. The van der Waals surface area contributed by atoms with Crippen molar-refractivity contribution in [1.82, 2.24) is 0 Å². The molecule has 10 aromatic rings. The molecule has 12 rings (SSSR count). The van der Waals surface area contributed by atoms with Gasteiger partial charge < -0.3 is 43.4 Å². The predicted octanol–water partition coefficient (Wildman–Crippen LogP) is 16.5. The van der Waals surface area contributed by atoms with E-state index in [1.165, 1.54) is 33.4 Å². The first-order chi connectivity index (χ1) is 46.7. The van der Waals surface area contributed by atoms with Crippen LogP contribution in [0.5, 0.6) is 23.0 Å². The maximum absolute atomic E-state index is 11.3. The van der Waals surface area contributed by atoms with Crippen LogP contribution in [0, 0.1) is 13.8 Å². The van der Waals surface area contributed by atoms with Gasteiger partial charge in [-0.15, -0.1) is 0 Å². The molecule has 0 radical (unpaired) electrons. The third kappa shape index (κ3) is 19.4. The van der Waals surface area contributed by atoms with E-state index < -0.39 is 0 Å². The van der Waals surface area contributed by atoms with E-state index in [0.29, 0.717) is 57.9 Å². The highest BCUT2D eigenvalue weighted by molar-refractivity contribution is 7.08. The van der Waals surface area contributed by atoms with Gasteiger partial charge in [0, 0.05) is 37.0 Å². The molecule has 4 amide bonds. The first-order valence-electron chi connectivity index (χ1n) is 32.2. The van der Waals surface area contributed by atoms with Gasteiger partial charge in [0.1, 0.15) is 23.0 Å². The van der Waals surface area contributed by atoms with Crippen LogP contribution in [0.3, 0.4) is 0 Å². The van der Waals surface area contributed by atoms with Crippen LogP contribution in [0.4, 0.5) is 0 Å². The number of phenols is 4. The number of amides is 4. The average molecular weight is 1310 g/mol. The summed E-state index contributed by atoms with van der Waals surface area (Å²) in [5.41, 5.74) is 47.4. The van der Waals surface area contributed by atoms with E-state index in [9.17, 15) is 39.6 Å². The van der Waals surface area contributed by atoms with Crippen molar-refractivity contribution >= 4 is 51.8 Å². The maximum atomic E-state index is 11.3. The number of nitrogens with zero attached hydrogens (tertiary/aromatic N) is 1. The van der Waals surface area contributed by atoms with E-state index in [1.807, 2.05) is 73.7 Å². The fourth-order valence-electron chi connectivity index (χ4n) is 12.0. The number of hydrogen-bond donors (Lipinski definition) is 8. The van der Waals surface area contributed by atoms with E-state index in [1.54, 1.807) is 59.9 Å². The average Bonchev–Trinajstić information content (AvgIpc) is 1.81. The van der Waals surface area contributed by atoms with Gasteiger partial charge in [-0.25, -0.2) is 0 Å². The summed E-state index contributed by atoms with van der Waals surface area (Å²) in [7, 11) is 0. The Morgan fingerprint density at radius 2 is 0.763 bits per heavy atom. The molecular weight excluding hydrogens is 1230 g/mol. The molecule has 492 valence electrons. The number of aryl methyl sites for hydroxylation is 6. The fraction of sp³-hybridized carbons (Fsp3) is 0.169. The lowest BCUT2D eigenvalue weighted by Crippen LogP contribution is -2.11. The van der Waals surface area contributed by atoms with Crippen molar-refractivity contribution in [3.05, 3.63) is 273 Å². The quantitative estimate of drug-likeness (QED) is 0.0363. The zero-order valence-corrected chi connectivity index (χ0v) is 55.8. The van der Waals surface area contributed by atoms with E-state index >= 15 is 0 Å². The summed E-state index contributed by atoms with van der Waals surface area (Å²) < 4.78 is 0. The lowest BCUT2D eigenvalue weighted by Gasteiger charge is -2.14. The van der Waals surface area contributed by atoms with Crippen molar-refractivity contribution in [3.63, 3.8) is 0 Å². The van der Waals surface area contributed by atoms with Gasteiger partial charge >= 0.3 is 0 Å². The molecule has 0 unspecified atom stereocenters. The normalized spacial score (nSPS) is 12.1. The lowest BCUT2D eigenvalue weighted by molar-refractivity contribution is -0.118. The summed E-state index contributed by atoms with van der Waals surface area (Å²) in [6, 6.07) is 61.9. The standard InChI is InChI=1S/C22H21NO2.C21H21NO2.C20H20N2O2.C20H19NO2S/c1-15-4-2-5-16(12-15)17-8-10-21(18-6-3-7-20(24)14-18)19(13-17)9-11-22(23)25;1-14-4-2-7-19(14)16-8-10-20(15-5-3-6-18(23)13-15)17(12-16)9-11-21(22)24;1-13-18(9-10-22-13)15-5-7-19(14-3-2-4-17(23)12-14)16(11-15)6-8-20(21)24;1-13-11-24-12-19(13)16-5-7-18(14-3-2-4-17(22)10-14)15(9-16)6-8-20(21)23/h2-8,10,12-14,24H,9,11H2,1H3,(H2,23,25);2-6,8,10,12-13,23H,7,9,11H2,1H3,(H2,22,24);2-5,7,9,11-12,23H,6,8,10H2,1H3,(H2,21,24);2-5,7,9-12,22H,6,8H2,1H3,(H2,21,23). The maximum Gasteiger partial charge on any atom is 0.217 e. The number of hydrogen-bond acceptors (Lipinski definition) is 10. The molecule has 0 spiro atoms. The van der Waals surface area contributed by atoms with Crippen molar-refractivity contribution in [2.45, 2.75) is 85.5 Å². The van der Waals surface area contributed by atoms with Crippen LogP contribution in [-0.4, -0.2) is 56.3 Å². The molecule has 9 aromatic carbocycles. The highest BCUT2D eigenvalue weighted by atomic mass is 32.1. The minimum atomic E-state index is -0.319. The summed E-state index contributed by atoms with van der Waals surface area (Å²) in [6.07, 6.45) is 10.9. The van der Waals surface area contributed by atoms with E-state index in [4.69, 9.17) is 22.9 Å². The molecule has 14 heteroatoms. The van der Waals surface area contributed by atoms with Gasteiger partial charge in [-0.3, -0.25) is 24.2 Å². The molecule has 0 saturated heterocycles. The number of primary amides is 4. The fourth-order valence-corrected chi connectivity index (χ4v) is 12.9. The Kier molecular flexibility index (Phi) is 23.9. The number of nitrogens with two attached hydrogens (primary N) is 4. The van der Waals surface area contributed by atoms with Crippen LogP contribution in [0.2, 0.25) is 0 Å². The molecule has 2 heterocycles. The molecular formula is C83H81N5O8S. The van der Waals surface area contributed by atoms with Gasteiger partial charge in [-0.05, 0) is 236 Å². The molecule has 0 bridgehead atoms. The van der Waals surface area contributed by atoms with Gasteiger partial charge in [-0.2, -0.15) is 11.3 Å². The molecule has 97 heavy (non-hydrogen) atoms. The Morgan fingerprint density at radius 3 is 1.13 bits per heavy atom. The first kappa shape index (κ1) is 70.0. The van der Waals surface area contributed by atoms with E-state index in [0.717, 1.165) is 107 Å². The summed E-state index contributed by atoms with van der Waals surface area (Å²) in [6.45, 7) is 9.00. The molecule has 1 aliphatic carbocycles. The number of carbonyl (C=O) groups is 4. The number of rotatable bonds is 20. The second-order valence-electron chi connectivity index (χ2n) is 24.2. The number of phenolic OH excluding ortho intramolecular Hbond substituents is 4. The molecule has 12 N–H and O–H groups in total. The van der Waals surface area contributed by atoms with E-state index in [-0.39, 0.29) is 46.6 Å². The Labute approximate surface area is 571 Å². The van der Waals surface area contributed by atoms with Crippen molar-refractivity contribution in [2.24, 2.45) is 27.9 Å². The molecule has 0 fully saturated rings. The van der Waals surface area contributed by atoms with Crippen LogP contribution in [0.25, 0.3) is 77.9 Å². The highest BCUT2D eigenvalue weighted by Crippen LogP contribution is 2.38. The number of allylic oxidation sites excluding steroid dienone is 5. The second-order valence-corrected chi connectivity index (χ2v) is 24.9. The largest absolute Gasteiger partial charge is 0.508 e. The lowest BCUT2D eigenvalue weighted by atomic mass is 9.91. The predicted molar refractivity (Wildman–Crippen MR) is 395 cm³/mol. The molecule has 0 atom stereocenters. The molecule has 1 aliphatic heterocycles. The summed E-state index contributed by atoms with van der Waals surface area (Å²) in [4.78, 5) is 49.3. The molecule has 2 aliphatic rings. The van der Waals surface area contributed by atoms with Crippen molar-refractivity contribution < 1.29 is 39.6 Å². The summed E-state index contributed by atoms with van der Waals surface area (Å²) >= 11 is 1.68. The molecule has 13 nitrogen and oxygen atoms in total. The van der Waals surface area contributed by atoms with Gasteiger partial charge in [0.2, 0.25) is 23.6 Å². The third-order valence-corrected chi connectivity index (χ3v) is 17.8. The van der Waals surface area contributed by atoms with Gasteiger partial charge in [0.05, 0.1) is 6.54 Å². The smallest absolute Gasteiger partial charge is 0.217 e. The Morgan fingerprint density at radius 1 is 0.402 bits per heavy atom. The van der Waals surface area contributed by atoms with Gasteiger partial charge in [0.25, 0.3) is 0 Å². The molecule has 1 aromatic heterocycles. The van der Waals surface area contributed by atoms with Gasteiger partial charge in [-0.1, -0.05) is 169 Å². The van der Waals surface area contributed by atoms with Crippen LogP contribution in [0.1, 0.15) is 90.5 Å². The van der Waals surface area contributed by atoms with E-state index in [2.05, 4.69) is 134 Å². The number of aromatic hydroxyl groups is 4. The highest BCUT2D eigenvalue weighted by Gasteiger charge is 2.18. The first-order valence-corrected chi connectivity index (χ1v) is 33.1. The number of carbonyl (C=O) groups excluding carboxylic acids is 4. The Balaban J connectivity index is 0.000000152. The topological polar surface area (TPSA) is 266 Å². The number of thiophene rings is 1. The minimum Gasteiger partial charge on any atom is -0.508 e. The third-order valence-electron chi connectivity index (χ3n) is 17.0. The number of benzene rings is 9. The van der Waals surface area contributed by atoms with Crippen LogP contribution < -0.4 is 22.9 Å². The zero-order chi connectivity index (χ0) is 69.1. The van der Waals surface area contributed by atoms with Crippen LogP contribution in [-0.2, 0) is 44.9 Å². The van der Waals surface area contributed by atoms with Crippen molar-refractivity contribution in [1.29, 1.82) is 0 Å². The Hall–Kier alpha value is -11.4. The molecule has 0 saturated carbocycles. The summed E-state index contributed by atoms with van der Waals surface area (Å²) in [5.74, 6) is -0.348. The second kappa shape index (κ2) is 33.2. The van der Waals surface area contributed by atoms with Crippen LogP contribution >= 0.6 is 11.3 Å². The number of aliphatic imine (C=N–C) groups is 1. The Bertz CT molecular complexity index is 4560. The minimum absolute atomic E-state index is 0.221. The van der Waals surface area contributed by atoms with Crippen molar-refractivity contribution in [3.8, 4) is 89.8 Å². The van der Waals surface area contributed by atoms with Crippen LogP contribution in [0.15, 0.2) is 234 Å².